The van der Waals surface area contributed by atoms with E-state index in [4.69, 9.17) is 4.74 Å². The summed E-state index contributed by atoms with van der Waals surface area (Å²) >= 11 is 1.38. The summed E-state index contributed by atoms with van der Waals surface area (Å²) in [5.74, 6) is -1.26. The molecule has 1 saturated heterocycles. The Balaban J connectivity index is 1.32. The quantitative estimate of drug-likeness (QED) is 0.586. The van der Waals surface area contributed by atoms with Gasteiger partial charge in [0, 0.05) is 30.8 Å². The minimum atomic E-state index is -0.447. The standard InChI is InChI=1S/C22H22N2O5S/c25-18(15-5-7-17-14(11-15)6-8-20(26)23-17)13-29-22(28)16-3-1-9-24(12-16)21(27)19-4-2-10-30-19/h2,4-5,7,10-11,16H,1,3,6,8-9,12-13H2,(H,23,26). The number of hydrogen-bond acceptors (Lipinski definition) is 6. The van der Waals surface area contributed by atoms with Gasteiger partial charge in [-0.1, -0.05) is 6.07 Å². The highest BCUT2D eigenvalue weighted by atomic mass is 32.1. The van der Waals surface area contributed by atoms with E-state index in [1.54, 1.807) is 29.2 Å². The Hall–Kier alpha value is -3.00. The van der Waals surface area contributed by atoms with Gasteiger partial charge in [-0.15, -0.1) is 11.3 Å². The van der Waals surface area contributed by atoms with Crippen molar-refractivity contribution >= 4 is 40.6 Å². The molecule has 156 valence electrons. The molecule has 1 unspecified atom stereocenters. The van der Waals surface area contributed by atoms with Gasteiger partial charge in [0.2, 0.25) is 5.91 Å². The van der Waals surface area contributed by atoms with Gasteiger partial charge < -0.3 is 15.0 Å². The molecule has 8 heteroatoms. The van der Waals surface area contributed by atoms with Crippen molar-refractivity contribution in [3.63, 3.8) is 0 Å². The molecule has 0 radical (unpaired) electrons. The molecule has 2 aliphatic heterocycles. The molecule has 0 bridgehead atoms. The molecule has 0 saturated carbocycles. The van der Waals surface area contributed by atoms with Crippen LogP contribution in [0.25, 0.3) is 0 Å². The Morgan fingerprint density at radius 1 is 1.20 bits per heavy atom. The summed E-state index contributed by atoms with van der Waals surface area (Å²) in [5, 5.41) is 4.63. The molecule has 3 heterocycles. The molecule has 30 heavy (non-hydrogen) atoms. The van der Waals surface area contributed by atoms with Crippen LogP contribution in [0.5, 0.6) is 0 Å². The number of rotatable bonds is 5. The molecule has 1 atom stereocenters. The molecule has 1 aromatic carbocycles. The maximum atomic E-state index is 12.5. The van der Waals surface area contributed by atoms with Gasteiger partial charge in [0.25, 0.3) is 5.91 Å². The zero-order chi connectivity index (χ0) is 21.1. The third-order valence-electron chi connectivity index (χ3n) is 5.44. The van der Waals surface area contributed by atoms with E-state index < -0.39 is 11.9 Å². The van der Waals surface area contributed by atoms with Crippen LogP contribution in [-0.4, -0.2) is 48.2 Å². The van der Waals surface area contributed by atoms with E-state index in [9.17, 15) is 19.2 Å². The van der Waals surface area contributed by atoms with E-state index >= 15 is 0 Å². The van der Waals surface area contributed by atoms with Gasteiger partial charge in [-0.05, 0) is 54.5 Å². The lowest BCUT2D eigenvalue weighted by Gasteiger charge is -2.31. The number of esters is 1. The number of likely N-dealkylation sites (tertiary alicyclic amines) is 1. The normalized spacial score (nSPS) is 18.3. The first-order chi connectivity index (χ1) is 14.5. The van der Waals surface area contributed by atoms with Gasteiger partial charge in [0.05, 0.1) is 10.8 Å². The second-order valence-corrected chi connectivity index (χ2v) is 8.47. The number of nitrogens with one attached hydrogen (secondary N) is 1. The maximum absolute atomic E-state index is 12.5. The molecule has 2 aliphatic rings. The number of Topliss-reactive ketones (excluding diaryl/α,β-unsaturated/α-hetero) is 1. The van der Waals surface area contributed by atoms with Crippen LogP contribution in [0.1, 0.15) is 44.9 Å². The van der Waals surface area contributed by atoms with Crippen LogP contribution in [0.2, 0.25) is 0 Å². The largest absolute Gasteiger partial charge is 0.457 e. The maximum Gasteiger partial charge on any atom is 0.311 e. The monoisotopic (exact) mass is 426 g/mol. The Bertz CT molecular complexity index is 985. The van der Waals surface area contributed by atoms with Crippen LogP contribution in [-0.2, 0) is 20.7 Å². The van der Waals surface area contributed by atoms with Crippen molar-refractivity contribution in [2.24, 2.45) is 5.92 Å². The Morgan fingerprint density at radius 3 is 2.87 bits per heavy atom. The van der Waals surface area contributed by atoms with Crippen LogP contribution in [0.15, 0.2) is 35.7 Å². The number of anilines is 1. The third kappa shape index (κ3) is 4.43. The first kappa shape index (κ1) is 20.3. The number of hydrogen-bond donors (Lipinski definition) is 1. The number of ether oxygens (including phenoxy) is 1. The number of nitrogens with zero attached hydrogens (tertiary/aromatic N) is 1. The highest BCUT2D eigenvalue weighted by molar-refractivity contribution is 7.12. The summed E-state index contributed by atoms with van der Waals surface area (Å²) in [6, 6.07) is 8.68. The van der Waals surface area contributed by atoms with E-state index in [2.05, 4.69) is 5.32 Å². The highest BCUT2D eigenvalue weighted by Crippen LogP contribution is 2.24. The summed E-state index contributed by atoms with van der Waals surface area (Å²) in [5.41, 5.74) is 2.08. The Kier molecular flexibility index (Phi) is 5.94. The summed E-state index contributed by atoms with van der Waals surface area (Å²) in [7, 11) is 0. The van der Waals surface area contributed by atoms with Crippen molar-refractivity contribution in [3.05, 3.63) is 51.7 Å². The average molecular weight is 426 g/mol. The molecule has 0 spiro atoms. The summed E-state index contributed by atoms with van der Waals surface area (Å²) < 4.78 is 5.28. The minimum Gasteiger partial charge on any atom is -0.457 e. The number of benzene rings is 1. The molecular weight excluding hydrogens is 404 g/mol. The van der Waals surface area contributed by atoms with Crippen molar-refractivity contribution < 1.29 is 23.9 Å². The van der Waals surface area contributed by atoms with Gasteiger partial charge >= 0.3 is 5.97 Å². The number of amides is 2. The number of carbonyl (C=O) groups excluding carboxylic acids is 4. The van der Waals surface area contributed by atoms with E-state index in [0.717, 1.165) is 17.7 Å². The molecule has 7 nitrogen and oxygen atoms in total. The molecule has 2 amide bonds. The Morgan fingerprint density at radius 2 is 2.07 bits per heavy atom. The van der Waals surface area contributed by atoms with Crippen molar-refractivity contribution in [3.8, 4) is 0 Å². The van der Waals surface area contributed by atoms with Crippen LogP contribution in [0.4, 0.5) is 5.69 Å². The van der Waals surface area contributed by atoms with Crippen LogP contribution in [0.3, 0.4) is 0 Å². The number of ketones is 1. The fourth-order valence-electron chi connectivity index (χ4n) is 3.80. The number of piperidine rings is 1. The van der Waals surface area contributed by atoms with Gasteiger partial charge in [0.15, 0.2) is 12.4 Å². The number of fused-ring (bicyclic) bond motifs is 1. The molecule has 4 rings (SSSR count). The first-order valence-electron chi connectivity index (χ1n) is 9.96. The number of aryl methyl sites for hydroxylation is 1. The predicted molar refractivity (Wildman–Crippen MR) is 112 cm³/mol. The molecule has 1 aromatic heterocycles. The molecule has 0 aliphatic carbocycles. The summed E-state index contributed by atoms with van der Waals surface area (Å²) in [6.07, 6.45) is 2.33. The zero-order valence-corrected chi connectivity index (χ0v) is 17.2. The predicted octanol–water partition coefficient (Wildman–Crippen LogP) is 2.91. The van der Waals surface area contributed by atoms with E-state index in [1.165, 1.54) is 11.3 Å². The second kappa shape index (κ2) is 8.79. The van der Waals surface area contributed by atoms with E-state index in [-0.39, 0.29) is 24.2 Å². The second-order valence-electron chi connectivity index (χ2n) is 7.52. The third-order valence-corrected chi connectivity index (χ3v) is 6.30. The number of carbonyl (C=O) groups is 4. The fraction of sp³-hybridized carbons (Fsp3) is 0.364. The summed E-state index contributed by atoms with van der Waals surface area (Å²) in [4.78, 5) is 51.3. The first-order valence-corrected chi connectivity index (χ1v) is 10.8. The summed E-state index contributed by atoms with van der Waals surface area (Å²) in [6.45, 7) is 0.590. The van der Waals surface area contributed by atoms with Gasteiger partial charge in [0.1, 0.15) is 0 Å². The lowest BCUT2D eigenvalue weighted by atomic mass is 9.97. The smallest absolute Gasteiger partial charge is 0.311 e. The zero-order valence-electron chi connectivity index (χ0n) is 16.4. The van der Waals surface area contributed by atoms with Crippen LogP contribution in [0, 0.1) is 5.92 Å². The SMILES string of the molecule is O=C1CCc2cc(C(=O)COC(=O)C3CCCN(C(=O)c4cccs4)C3)ccc2N1. The van der Waals surface area contributed by atoms with Crippen molar-refractivity contribution in [2.75, 3.05) is 25.0 Å². The van der Waals surface area contributed by atoms with Gasteiger partial charge in [-0.2, -0.15) is 0 Å². The minimum absolute atomic E-state index is 0.0328. The van der Waals surface area contributed by atoms with Crippen molar-refractivity contribution in [1.29, 1.82) is 0 Å². The van der Waals surface area contributed by atoms with E-state index in [0.29, 0.717) is 42.8 Å². The number of thiophene rings is 1. The lowest BCUT2D eigenvalue weighted by Crippen LogP contribution is -2.42. The van der Waals surface area contributed by atoms with Crippen molar-refractivity contribution in [1.82, 2.24) is 4.90 Å². The highest BCUT2D eigenvalue weighted by Gasteiger charge is 2.30. The van der Waals surface area contributed by atoms with Gasteiger partial charge in [-0.3, -0.25) is 19.2 Å². The Labute approximate surface area is 178 Å². The van der Waals surface area contributed by atoms with Crippen molar-refractivity contribution in [2.45, 2.75) is 25.7 Å². The molecular formula is C22H22N2O5S. The molecule has 1 N–H and O–H groups in total. The van der Waals surface area contributed by atoms with Gasteiger partial charge in [-0.25, -0.2) is 0 Å². The van der Waals surface area contributed by atoms with Crippen LogP contribution >= 0.6 is 11.3 Å². The lowest BCUT2D eigenvalue weighted by molar-refractivity contribution is -0.148. The molecule has 1 fully saturated rings. The van der Waals surface area contributed by atoms with E-state index in [1.807, 2.05) is 11.4 Å². The average Bonchev–Trinajstić information content (AvgIpc) is 3.31. The topological polar surface area (TPSA) is 92.8 Å². The molecule has 2 aromatic rings. The van der Waals surface area contributed by atoms with Crippen LogP contribution < -0.4 is 5.32 Å². The fourth-order valence-corrected chi connectivity index (χ4v) is 4.50.